The van der Waals surface area contributed by atoms with Crippen molar-refractivity contribution in [3.63, 3.8) is 0 Å². The molecule has 0 aliphatic carbocycles. The first-order valence-corrected chi connectivity index (χ1v) is 9.74. The van der Waals surface area contributed by atoms with Gasteiger partial charge in [-0.1, -0.05) is 17.7 Å². The zero-order valence-corrected chi connectivity index (χ0v) is 16.7. The van der Waals surface area contributed by atoms with Crippen molar-refractivity contribution in [2.24, 2.45) is 0 Å². The summed E-state index contributed by atoms with van der Waals surface area (Å²) in [5.74, 6) is 1.11. The molecule has 152 valence electrons. The molecular weight excluding hydrogens is 370 g/mol. The van der Waals surface area contributed by atoms with E-state index in [0.717, 1.165) is 30.9 Å². The van der Waals surface area contributed by atoms with E-state index in [0.29, 0.717) is 31.3 Å². The van der Waals surface area contributed by atoms with Crippen LogP contribution in [0.25, 0.3) is 17.3 Å². The highest BCUT2D eigenvalue weighted by Gasteiger charge is 2.27. The summed E-state index contributed by atoms with van der Waals surface area (Å²) in [6, 6.07) is 11.5. The van der Waals surface area contributed by atoms with Crippen LogP contribution >= 0.6 is 0 Å². The van der Waals surface area contributed by atoms with E-state index in [1.807, 2.05) is 42.2 Å². The van der Waals surface area contributed by atoms with Crippen LogP contribution in [0.2, 0.25) is 0 Å². The molecule has 1 fully saturated rings. The number of nitrogens with zero attached hydrogens (tertiary/aromatic N) is 5. The van der Waals surface area contributed by atoms with Crippen molar-refractivity contribution in [2.45, 2.75) is 6.92 Å². The third kappa shape index (κ3) is 4.23. The van der Waals surface area contributed by atoms with Crippen molar-refractivity contribution in [2.75, 3.05) is 46.4 Å². The van der Waals surface area contributed by atoms with E-state index in [1.165, 1.54) is 0 Å². The summed E-state index contributed by atoms with van der Waals surface area (Å²) in [5, 5.41) is 4.53. The smallest absolute Gasteiger partial charge is 0.293 e. The maximum absolute atomic E-state index is 13.1. The second-order valence-corrected chi connectivity index (χ2v) is 7.11. The molecule has 8 nitrogen and oxygen atoms in total. The maximum atomic E-state index is 13.1. The number of rotatable bonds is 6. The third-order valence-electron chi connectivity index (χ3n) is 5.09. The van der Waals surface area contributed by atoms with Crippen molar-refractivity contribution < 1.29 is 13.9 Å². The standard InChI is InChI=1S/C21H25N5O3/c1-16-5-7-17(8-6-16)26-20(18-4-3-14-29-18)22-19(23-26)21(27)25-11-9-24(10-12-25)13-15-28-2/h3-8,14H,9-13,15H2,1-2H3. The van der Waals surface area contributed by atoms with Gasteiger partial charge in [0, 0.05) is 39.8 Å². The lowest BCUT2D eigenvalue weighted by Crippen LogP contribution is -2.49. The molecule has 0 bridgehead atoms. The predicted molar refractivity (Wildman–Crippen MR) is 108 cm³/mol. The number of carbonyl (C=O) groups excluding carboxylic acids is 1. The highest BCUT2D eigenvalue weighted by Crippen LogP contribution is 2.22. The fourth-order valence-electron chi connectivity index (χ4n) is 3.37. The molecule has 0 atom stereocenters. The maximum Gasteiger partial charge on any atom is 0.293 e. The Morgan fingerprint density at radius 3 is 2.55 bits per heavy atom. The first-order chi connectivity index (χ1) is 14.2. The molecule has 29 heavy (non-hydrogen) atoms. The van der Waals surface area contributed by atoms with E-state index >= 15 is 0 Å². The monoisotopic (exact) mass is 395 g/mol. The molecule has 1 amide bonds. The summed E-state index contributed by atoms with van der Waals surface area (Å²) in [5.41, 5.74) is 1.98. The minimum atomic E-state index is -0.157. The number of aryl methyl sites for hydroxylation is 1. The average Bonchev–Trinajstić information content (AvgIpc) is 3.42. The molecule has 2 aromatic heterocycles. The van der Waals surface area contributed by atoms with Crippen LogP contribution in [0, 0.1) is 6.92 Å². The van der Waals surface area contributed by atoms with Gasteiger partial charge in [-0.3, -0.25) is 9.69 Å². The van der Waals surface area contributed by atoms with E-state index in [2.05, 4.69) is 15.0 Å². The highest BCUT2D eigenvalue weighted by molar-refractivity contribution is 5.91. The molecule has 3 aromatic rings. The largest absolute Gasteiger partial charge is 0.461 e. The van der Waals surface area contributed by atoms with Gasteiger partial charge in [0.05, 0.1) is 18.6 Å². The van der Waals surface area contributed by atoms with Crippen molar-refractivity contribution in [3.05, 3.63) is 54.0 Å². The van der Waals surface area contributed by atoms with Crippen molar-refractivity contribution in [3.8, 4) is 17.3 Å². The Balaban J connectivity index is 1.57. The predicted octanol–water partition coefficient (Wildman–Crippen LogP) is 2.24. The molecule has 1 aliphatic rings. The SMILES string of the molecule is COCCN1CCN(C(=O)c2nc(-c3ccco3)n(-c3ccc(C)cc3)n2)CC1. The Morgan fingerprint density at radius 2 is 1.90 bits per heavy atom. The van der Waals surface area contributed by atoms with Crippen LogP contribution < -0.4 is 0 Å². The highest BCUT2D eigenvalue weighted by atomic mass is 16.5. The zero-order chi connectivity index (χ0) is 20.2. The number of piperazine rings is 1. The van der Waals surface area contributed by atoms with Gasteiger partial charge >= 0.3 is 0 Å². The van der Waals surface area contributed by atoms with Gasteiger partial charge in [0.25, 0.3) is 5.91 Å². The third-order valence-corrected chi connectivity index (χ3v) is 5.09. The van der Waals surface area contributed by atoms with Gasteiger partial charge in [-0.25, -0.2) is 4.68 Å². The van der Waals surface area contributed by atoms with Gasteiger partial charge < -0.3 is 14.1 Å². The van der Waals surface area contributed by atoms with Crippen LogP contribution in [0.5, 0.6) is 0 Å². The van der Waals surface area contributed by atoms with E-state index in [1.54, 1.807) is 24.1 Å². The van der Waals surface area contributed by atoms with E-state index < -0.39 is 0 Å². The Kier molecular flexibility index (Phi) is 5.73. The molecule has 0 unspecified atom stereocenters. The quantitative estimate of drug-likeness (QED) is 0.637. The van der Waals surface area contributed by atoms with Gasteiger partial charge in [-0.2, -0.15) is 4.98 Å². The van der Waals surface area contributed by atoms with Crippen molar-refractivity contribution in [1.82, 2.24) is 24.6 Å². The van der Waals surface area contributed by atoms with Crippen LogP contribution in [-0.2, 0) is 4.74 Å². The molecule has 4 rings (SSSR count). The number of hydrogen-bond donors (Lipinski definition) is 0. The molecule has 3 heterocycles. The van der Waals surface area contributed by atoms with Crippen LogP contribution in [0.4, 0.5) is 0 Å². The van der Waals surface area contributed by atoms with E-state index in [-0.39, 0.29) is 11.7 Å². The van der Waals surface area contributed by atoms with Gasteiger partial charge in [-0.15, -0.1) is 5.10 Å². The summed E-state index contributed by atoms with van der Waals surface area (Å²) in [4.78, 5) is 21.7. The minimum absolute atomic E-state index is 0.157. The Labute approximate surface area is 169 Å². The Morgan fingerprint density at radius 1 is 1.14 bits per heavy atom. The lowest BCUT2D eigenvalue weighted by Gasteiger charge is -2.33. The number of hydrogen-bond acceptors (Lipinski definition) is 6. The van der Waals surface area contributed by atoms with Crippen LogP contribution in [0.1, 0.15) is 16.2 Å². The van der Waals surface area contributed by atoms with E-state index in [9.17, 15) is 4.79 Å². The van der Waals surface area contributed by atoms with Gasteiger partial charge in [0.2, 0.25) is 5.82 Å². The molecule has 0 radical (unpaired) electrons. The lowest BCUT2D eigenvalue weighted by atomic mass is 10.2. The topological polar surface area (TPSA) is 76.6 Å². The number of aromatic nitrogens is 3. The molecule has 0 saturated carbocycles. The molecule has 0 spiro atoms. The first-order valence-electron chi connectivity index (χ1n) is 9.74. The Hall–Kier alpha value is -2.97. The molecule has 1 saturated heterocycles. The van der Waals surface area contributed by atoms with Crippen molar-refractivity contribution in [1.29, 1.82) is 0 Å². The molecule has 0 N–H and O–H groups in total. The van der Waals surface area contributed by atoms with Crippen molar-refractivity contribution >= 4 is 5.91 Å². The van der Waals surface area contributed by atoms with Crippen LogP contribution in [0.15, 0.2) is 47.1 Å². The average molecular weight is 395 g/mol. The zero-order valence-electron chi connectivity index (χ0n) is 16.7. The number of carbonyl (C=O) groups is 1. The van der Waals surface area contributed by atoms with Gasteiger partial charge in [-0.05, 0) is 31.2 Å². The second kappa shape index (κ2) is 8.59. The van der Waals surface area contributed by atoms with Crippen LogP contribution in [0.3, 0.4) is 0 Å². The number of methoxy groups -OCH3 is 1. The number of amides is 1. The summed E-state index contributed by atoms with van der Waals surface area (Å²) < 4.78 is 12.3. The molecule has 1 aromatic carbocycles. The summed E-state index contributed by atoms with van der Waals surface area (Å²) in [7, 11) is 1.70. The minimum Gasteiger partial charge on any atom is -0.461 e. The summed E-state index contributed by atoms with van der Waals surface area (Å²) in [6.07, 6.45) is 1.59. The fourth-order valence-corrected chi connectivity index (χ4v) is 3.37. The Bertz CT molecular complexity index is 941. The molecule has 1 aliphatic heterocycles. The summed E-state index contributed by atoms with van der Waals surface area (Å²) >= 11 is 0. The van der Waals surface area contributed by atoms with Gasteiger partial charge in [0.1, 0.15) is 0 Å². The molecular formula is C21H25N5O3. The fraction of sp³-hybridized carbons (Fsp3) is 0.381. The first kappa shape index (κ1) is 19.4. The number of furan rings is 1. The summed E-state index contributed by atoms with van der Waals surface area (Å²) in [6.45, 7) is 6.54. The number of ether oxygens (including phenoxy) is 1. The normalized spacial score (nSPS) is 15.0. The lowest BCUT2D eigenvalue weighted by molar-refractivity contribution is 0.0583. The number of benzene rings is 1. The van der Waals surface area contributed by atoms with Gasteiger partial charge in [0.15, 0.2) is 11.6 Å². The van der Waals surface area contributed by atoms with E-state index in [4.69, 9.17) is 9.15 Å². The second-order valence-electron chi connectivity index (χ2n) is 7.11. The van der Waals surface area contributed by atoms with Crippen LogP contribution in [-0.4, -0.2) is 76.9 Å². The molecule has 8 heteroatoms.